The minimum atomic E-state index is -3.45. The van der Waals surface area contributed by atoms with Crippen molar-refractivity contribution in [3.63, 3.8) is 0 Å². The normalized spacial score (nSPS) is 11.8. The Bertz CT molecular complexity index is 508. The average molecular weight is 291 g/mol. The molecule has 0 saturated carbocycles. The van der Waals surface area contributed by atoms with Crippen LogP contribution < -0.4 is 5.32 Å². The van der Waals surface area contributed by atoms with E-state index in [1.165, 1.54) is 0 Å². The van der Waals surface area contributed by atoms with E-state index in [1.54, 1.807) is 13.8 Å². The van der Waals surface area contributed by atoms with Crippen molar-refractivity contribution in [2.75, 3.05) is 6.54 Å². The maximum absolute atomic E-state index is 11.8. The van der Waals surface area contributed by atoms with Crippen LogP contribution in [-0.2, 0) is 9.84 Å². The van der Waals surface area contributed by atoms with Gasteiger partial charge in [0.25, 0.3) is 5.91 Å². The molecule has 102 valence electrons. The number of aromatic nitrogens is 2. The van der Waals surface area contributed by atoms with Crippen LogP contribution in [0.25, 0.3) is 0 Å². The fourth-order valence-electron chi connectivity index (χ4n) is 1.07. The highest BCUT2D eigenvalue weighted by Gasteiger charge is 2.25. The molecule has 1 aromatic heterocycles. The monoisotopic (exact) mass is 291 g/mol. The quantitative estimate of drug-likeness (QED) is 0.797. The first kappa shape index (κ1) is 15.0. The van der Waals surface area contributed by atoms with Crippen LogP contribution in [0.1, 0.15) is 43.4 Å². The van der Waals surface area contributed by atoms with Crippen molar-refractivity contribution >= 4 is 27.1 Å². The number of rotatable bonds is 6. The summed E-state index contributed by atoms with van der Waals surface area (Å²) in [4.78, 5) is 11.6. The number of nitrogens with zero attached hydrogens (tertiary/aromatic N) is 2. The molecule has 1 heterocycles. The van der Waals surface area contributed by atoms with Gasteiger partial charge in [-0.3, -0.25) is 4.79 Å². The van der Waals surface area contributed by atoms with Gasteiger partial charge in [-0.05, 0) is 20.3 Å². The van der Waals surface area contributed by atoms with Gasteiger partial charge in [-0.15, -0.1) is 10.2 Å². The Hall–Kier alpha value is -1.02. The molecule has 1 rings (SSSR count). The fourth-order valence-corrected chi connectivity index (χ4v) is 3.40. The third-order valence-corrected chi connectivity index (χ3v) is 5.75. The number of unbranched alkanes of at least 4 members (excludes halogenated alkanes) is 1. The highest BCUT2D eigenvalue weighted by Crippen LogP contribution is 2.20. The van der Waals surface area contributed by atoms with E-state index < -0.39 is 15.1 Å². The largest absolute Gasteiger partial charge is 0.350 e. The van der Waals surface area contributed by atoms with Crippen molar-refractivity contribution in [2.45, 2.75) is 43.2 Å². The van der Waals surface area contributed by atoms with Crippen LogP contribution in [0, 0.1) is 0 Å². The zero-order chi connectivity index (χ0) is 13.8. The van der Waals surface area contributed by atoms with Crippen LogP contribution in [-0.4, -0.2) is 36.3 Å². The molecule has 0 radical (unpaired) electrons. The van der Waals surface area contributed by atoms with Gasteiger partial charge < -0.3 is 5.32 Å². The number of sulfone groups is 1. The maximum atomic E-state index is 11.8. The van der Waals surface area contributed by atoms with Gasteiger partial charge in [0.05, 0.1) is 5.25 Å². The molecular weight excluding hydrogens is 274 g/mol. The number of carbonyl (C=O) groups excluding carboxylic acids is 1. The van der Waals surface area contributed by atoms with Crippen molar-refractivity contribution in [2.24, 2.45) is 0 Å². The van der Waals surface area contributed by atoms with Gasteiger partial charge in [0, 0.05) is 6.54 Å². The van der Waals surface area contributed by atoms with E-state index in [4.69, 9.17) is 0 Å². The van der Waals surface area contributed by atoms with E-state index in [9.17, 15) is 13.2 Å². The minimum Gasteiger partial charge on any atom is -0.350 e. The molecular formula is C10H17N3O3S2. The van der Waals surface area contributed by atoms with Crippen LogP contribution in [0.15, 0.2) is 4.34 Å². The summed E-state index contributed by atoms with van der Waals surface area (Å²) in [6.45, 7) is 5.71. The molecule has 1 N–H and O–H groups in total. The second-order valence-corrected chi connectivity index (χ2v) is 7.73. The van der Waals surface area contributed by atoms with Crippen LogP contribution in [0.4, 0.5) is 0 Å². The lowest BCUT2D eigenvalue weighted by Crippen LogP contribution is -2.24. The van der Waals surface area contributed by atoms with E-state index in [2.05, 4.69) is 15.5 Å². The van der Waals surface area contributed by atoms with Crippen molar-refractivity contribution in [3.05, 3.63) is 5.01 Å². The lowest BCUT2D eigenvalue weighted by molar-refractivity contribution is 0.0952. The van der Waals surface area contributed by atoms with E-state index >= 15 is 0 Å². The number of amides is 1. The number of nitrogens with one attached hydrogen (secondary N) is 1. The Morgan fingerprint density at radius 2 is 2.06 bits per heavy atom. The molecule has 0 spiro atoms. The molecule has 0 aliphatic carbocycles. The average Bonchev–Trinajstić information content (AvgIpc) is 2.78. The van der Waals surface area contributed by atoms with Gasteiger partial charge in [0.1, 0.15) is 0 Å². The Kier molecular flexibility index (Phi) is 5.21. The van der Waals surface area contributed by atoms with Crippen molar-refractivity contribution < 1.29 is 13.2 Å². The summed E-state index contributed by atoms with van der Waals surface area (Å²) in [6, 6.07) is 0. The van der Waals surface area contributed by atoms with Gasteiger partial charge in [0.15, 0.2) is 0 Å². The zero-order valence-electron chi connectivity index (χ0n) is 10.6. The molecule has 0 unspecified atom stereocenters. The third kappa shape index (κ3) is 3.49. The summed E-state index contributed by atoms with van der Waals surface area (Å²) >= 11 is 0.812. The van der Waals surface area contributed by atoms with E-state index in [-0.39, 0.29) is 15.3 Å². The van der Waals surface area contributed by atoms with E-state index in [0.29, 0.717) is 6.54 Å². The molecule has 1 aromatic rings. The molecule has 0 aliphatic rings. The van der Waals surface area contributed by atoms with Crippen LogP contribution in [0.3, 0.4) is 0 Å². The molecule has 0 atom stereocenters. The first-order chi connectivity index (χ1) is 8.39. The summed E-state index contributed by atoms with van der Waals surface area (Å²) < 4.78 is 23.5. The van der Waals surface area contributed by atoms with Gasteiger partial charge in [-0.2, -0.15) is 0 Å². The number of hydrogen-bond donors (Lipinski definition) is 1. The van der Waals surface area contributed by atoms with Crippen LogP contribution in [0.2, 0.25) is 0 Å². The summed E-state index contributed by atoms with van der Waals surface area (Å²) in [6.07, 6.45) is 1.85. The SMILES string of the molecule is CCCCNC(=O)c1nnc(S(=O)(=O)C(C)C)s1. The predicted molar refractivity (Wildman–Crippen MR) is 69.5 cm³/mol. The summed E-state index contributed by atoms with van der Waals surface area (Å²) in [5.74, 6) is -0.369. The lowest BCUT2D eigenvalue weighted by Gasteiger charge is -2.01. The predicted octanol–water partition coefficient (Wildman–Crippen LogP) is 1.25. The topological polar surface area (TPSA) is 89.0 Å². The zero-order valence-corrected chi connectivity index (χ0v) is 12.3. The van der Waals surface area contributed by atoms with E-state index in [0.717, 1.165) is 24.2 Å². The highest BCUT2D eigenvalue weighted by molar-refractivity contribution is 7.93. The molecule has 8 heteroatoms. The van der Waals surface area contributed by atoms with Crippen molar-refractivity contribution in [1.29, 1.82) is 0 Å². The fraction of sp³-hybridized carbons (Fsp3) is 0.700. The Balaban J connectivity index is 2.78. The summed E-state index contributed by atoms with van der Waals surface area (Å²) in [5.41, 5.74) is 0. The Morgan fingerprint density at radius 1 is 1.39 bits per heavy atom. The second kappa shape index (κ2) is 6.24. The molecule has 18 heavy (non-hydrogen) atoms. The lowest BCUT2D eigenvalue weighted by atomic mass is 10.3. The standard InChI is InChI=1S/C10H17N3O3S2/c1-4-5-6-11-8(14)9-12-13-10(17-9)18(15,16)7(2)3/h7H,4-6H2,1-3H3,(H,11,14). The van der Waals surface area contributed by atoms with Crippen molar-refractivity contribution in [3.8, 4) is 0 Å². The first-order valence-corrected chi connectivity index (χ1v) is 8.11. The molecule has 0 aliphatic heterocycles. The molecule has 6 nitrogen and oxygen atoms in total. The van der Waals surface area contributed by atoms with Gasteiger partial charge in [-0.25, -0.2) is 8.42 Å². The minimum absolute atomic E-state index is 0.0883. The van der Waals surface area contributed by atoms with Gasteiger partial charge in [0.2, 0.25) is 19.2 Å². The number of hydrogen-bond acceptors (Lipinski definition) is 6. The first-order valence-electron chi connectivity index (χ1n) is 5.75. The maximum Gasteiger partial charge on any atom is 0.282 e. The van der Waals surface area contributed by atoms with Crippen LogP contribution >= 0.6 is 11.3 Å². The smallest absolute Gasteiger partial charge is 0.282 e. The number of carbonyl (C=O) groups is 1. The van der Waals surface area contributed by atoms with E-state index in [1.807, 2.05) is 6.92 Å². The van der Waals surface area contributed by atoms with Crippen LogP contribution in [0.5, 0.6) is 0 Å². The Morgan fingerprint density at radius 3 is 2.61 bits per heavy atom. The van der Waals surface area contributed by atoms with Gasteiger partial charge in [-0.1, -0.05) is 24.7 Å². The highest BCUT2D eigenvalue weighted by atomic mass is 32.2. The van der Waals surface area contributed by atoms with Crippen molar-refractivity contribution in [1.82, 2.24) is 15.5 Å². The second-order valence-electron chi connectivity index (χ2n) is 4.08. The molecule has 0 saturated heterocycles. The molecule has 1 amide bonds. The van der Waals surface area contributed by atoms with Gasteiger partial charge >= 0.3 is 0 Å². The molecule has 0 bridgehead atoms. The summed E-state index contributed by atoms with van der Waals surface area (Å²) in [5, 5.41) is 9.39. The molecule has 0 fully saturated rings. The third-order valence-electron chi connectivity index (χ3n) is 2.28. The summed E-state index contributed by atoms with van der Waals surface area (Å²) in [7, 11) is -3.45. The Labute approximate surface area is 111 Å². The molecule has 0 aromatic carbocycles.